The van der Waals surface area contributed by atoms with Crippen molar-refractivity contribution in [1.29, 1.82) is 0 Å². The van der Waals surface area contributed by atoms with Gasteiger partial charge in [0.15, 0.2) is 0 Å². The van der Waals surface area contributed by atoms with Crippen LogP contribution in [0.4, 0.5) is 5.69 Å². The highest BCUT2D eigenvalue weighted by molar-refractivity contribution is 7.89. The van der Waals surface area contributed by atoms with Crippen molar-refractivity contribution in [2.75, 3.05) is 25.5 Å². The van der Waals surface area contributed by atoms with Gasteiger partial charge in [-0.2, -0.15) is 4.31 Å². The van der Waals surface area contributed by atoms with Crippen molar-refractivity contribution in [3.8, 4) is 5.75 Å². The Balaban J connectivity index is 1.91. The maximum Gasteiger partial charge on any atom is 0.259 e. The van der Waals surface area contributed by atoms with Gasteiger partial charge in [-0.3, -0.25) is 4.79 Å². The normalized spacial score (nSPS) is 15.9. The van der Waals surface area contributed by atoms with Gasteiger partial charge >= 0.3 is 0 Å². The van der Waals surface area contributed by atoms with Gasteiger partial charge in [-0.05, 0) is 67.6 Å². The van der Waals surface area contributed by atoms with Gasteiger partial charge in [-0.25, -0.2) is 8.42 Å². The number of rotatable bonds is 5. The Bertz CT molecular complexity index is 1020. The molecule has 2 aromatic carbocycles. The Labute approximate surface area is 176 Å². The van der Waals surface area contributed by atoms with Gasteiger partial charge in [0.1, 0.15) is 5.75 Å². The van der Waals surface area contributed by atoms with Crippen molar-refractivity contribution in [2.45, 2.75) is 31.6 Å². The molecular weight excluding hydrogens is 412 g/mol. The fourth-order valence-corrected chi connectivity index (χ4v) is 5.08. The largest absolute Gasteiger partial charge is 0.496 e. The first-order valence-corrected chi connectivity index (χ1v) is 11.3. The highest BCUT2D eigenvalue weighted by Crippen LogP contribution is 2.28. The van der Waals surface area contributed by atoms with Crippen molar-refractivity contribution in [3.05, 3.63) is 52.5 Å². The van der Waals surface area contributed by atoms with Crippen molar-refractivity contribution >= 4 is 33.2 Å². The molecule has 3 rings (SSSR count). The lowest BCUT2D eigenvalue weighted by Gasteiger charge is -2.29. The van der Waals surface area contributed by atoms with E-state index in [1.807, 2.05) is 6.92 Å². The van der Waals surface area contributed by atoms with Crippen LogP contribution < -0.4 is 10.1 Å². The molecular formula is C21H25ClN2O4S. The van der Waals surface area contributed by atoms with Gasteiger partial charge in [0.25, 0.3) is 5.91 Å². The molecule has 1 heterocycles. The summed E-state index contributed by atoms with van der Waals surface area (Å²) in [4.78, 5) is 13.0. The van der Waals surface area contributed by atoms with Crippen LogP contribution in [0.5, 0.6) is 5.75 Å². The number of carbonyl (C=O) groups excluding carboxylic acids is 1. The fraction of sp³-hybridized carbons (Fsp3) is 0.381. The molecule has 1 aliphatic heterocycles. The van der Waals surface area contributed by atoms with Crippen molar-refractivity contribution in [3.63, 3.8) is 0 Å². The van der Waals surface area contributed by atoms with E-state index in [2.05, 4.69) is 12.2 Å². The average molecular weight is 437 g/mol. The first kappa shape index (κ1) is 21.6. The predicted octanol–water partition coefficient (Wildman–Crippen LogP) is 4.33. The summed E-state index contributed by atoms with van der Waals surface area (Å²) in [6.45, 7) is 4.93. The quantitative estimate of drug-likeness (QED) is 0.756. The average Bonchev–Trinajstić information content (AvgIpc) is 2.69. The number of methoxy groups -OCH3 is 1. The third-order valence-corrected chi connectivity index (χ3v) is 7.36. The Hall–Kier alpha value is -2.09. The van der Waals surface area contributed by atoms with Gasteiger partial charge in [0, 0.05) is 23.8 Å². The van der Waals surface area contributed by atoms with Crippen LogP contribution in [-0.4, -0.2) is 38.8 Å². The van der Waals surface area contributed by atoms with Crippen molar-refractivity contribution in [2.24, 2.45) is 5.92 Å². The molecule has 0 radical (unpaired) electrons. The van der Waals surface area contributed by atoms with Crippen LogP contribution >= 0.6 is 11.6 Å². The van der Waals surface area contributed by atoms with E-state index in [-0.39, 0.29) is 10.5 Å². The molecule has 0 saturated carbocycles. The maximum absolute atomic E-state index is 13.1. The zero-order valence-corrected chi connectivity index (χ0v) is 18.3. The van der Waals surface area contributed by atoms with E-state index < -0.39 is 15.9 Å². The molecule has 8 heteroatoms. The number of hydrogen-bond donors (Lipinski definition) is 1. The molecule has 0 unspecified atom stereocenters. The first-order chi connectivity index (χ1) is 13.7. The number of halogens is 1. The molecule has 1 aliphatic rings. The zero-order valence-electron chi connectivity index (χ0n) is 16.7. The summed E-state index contributed by atoms with van der Waals surface area (Å²) in [6.07, 6.45) is 1.66. The monoisotopic (exact) mass is 436 g/mol. The Morgan fingerprint density at radius 2 is 1.86 bits per heavy atom. The molecule has 1 saturated heterocycles. The number of ether oxygens (including phenoxy) is 1. The van der Waals surface area contributed by atoms with Crippen LogP contribution in [0.25, 0.3) is 0 Å². The van der Waals surface area contributed by atoms with E-state index >= 15 is 0 Å². The van der Waals surface area contributed by atoms with Crippen LogP contribution in [0.2, 0.25) is 5.02 Å². The molecule has 1 fully saturated rings. The van der Waals surface area contributed by atoms with Crippen LogP contribution in [0.3, 0.4) is 0 Å². The molecule has 6 nitrogen and oxygen atoms in total. The lowest BCUT2D eigenvalue weighted by atomic mass is 10.0. The van der Waals surface area contributed by atoms with E-state index in [0.717, 1.165) is 18.4 Å². The lowest BCUT2D eigenvalue weighted by Crippen LogP contribution is -2.37. The van der Waals surface area contributed by atoms with Gasteiger partial charge in [0.2, 0.25) is 10.0 Å². The molecule has 0 aliphatic carbocycles. The van der Waals surface area contributed by atoms with Crippen LogP contribution in [0.15, 0.2) is 41.3 Å². The summed E-state index contributed by atoms with van der Waals surface area (Å²) in [5.74, 6) is 0.373. The number of amides is 1. The maximum atomic E-state index is 13.1. The number of anilines is 1. The van der Waals surface area contributed by atoms with Crippen molar-refractivity contribution < 1.29 is 17.9 Å². The third kappa shape index (κ3) is 4.74. The number of nitrogens with zero attached hydrogens (tertiary/aromatic N) is 1. The molecule has 0 bridgehead atoms. The lowest BCUT2D eigenvalue weighted by molar-refractivity contribution is 0.102. The minimum Gasteiger partial charge on any atom is -0.496 e. The SMILES string of the molecule is COc1ccc(S(=O)(=O)N2CCC(C)CC2)cc1C(=O)Nc1ccc(Cl)cc1C. The topological polar surface area (TPSA) is 75.7 Å². The predicted molar refractivity (Wildman–Crippen MR) is 114 cm³/mol. The summed E-state index contributed by atoms with van der Waals surface area (Å²) < 4.78 is 32.9. The van der Waals surface area contributed by atoms with E-state index in [9.17, 15) is 13.2 Å². The highest BCUT2D eigenvalue weighted by atomic mass is 35.5. The molecule has 1 N–H and O–H groups in total. The minimum absolute atomic E-state index is 0.0887. The van der Waals surface area contributed by atoms with Crippen LogP contribution in [0.1, 0.15) is 35.7 Å². The molecule has 0 atom stereocenters. The van der Waals surface area contributed by atoms with Gasteiger partial charge in [-0.15, -0.1) is 0 Å². The number of piperidine rings is 1. The van der Waals surface area contributed by atoms with Crippen LogP contribution in [-0.2, 0) is 10.0 Å². The zero-order chi connectivity index (χ0) is 21.2. The molecule has 1 amide bonds. The molecule has 29 heavy (non-hydrogen) atoms. The number of carbonyl (C=O) groups is 1. The van der Waals surface area contributed by atoms with Gasteiger partial charge < -0.3 is 10.1 Å². The second-order valence-electron chi connectivity index (χ2n) is 7.36. The summed E-state index contributed by atoms with van der Waals surface area (Å²) in [5, 5.41) is 3.38. The van der Waals surface area contributed by atoms with Gasteiger partial charge in [-0.1, -0.05) is 18.5 Å². The minimum atomic E-state index is -3.67. The Morgan fingerprint density at radius 1 is 1.17 bits per heavy atom. The molecule has 2 aromatic rings. The molecule has 156 valence electrons. The number of nitrogens with one attached hydrogen (secondary N) is 1. The van der Waals surface area contributed by atoms with E-state index in [1.165, 1.54) is 29.6 Å². The standard InChI is InChI=1S/C21H25ClN2O4S/c1-14-8-10-24(11-9-14)29(26,27)17-5-7-20(28-3)18(13-17)21(25)23-19-6-4-16(22)12-15(19)2/h4-7,12-14H,8-11H2,1-3H3,(H,23,25). The second-order valence-corrected chi connectivity index (χ2v) is 9.74. The summed E-state index contributed by atoms with van der Waals surface area (Å²) in [6, 6.07) is 9.51. The van der Waals surface area contributed by atoms with Crippen molar-refractivity contribution in [1.82, 2.24) is 4.31 Å². The smallest absolute Gasteiger partial charge is 0.259 e. The highest BCUT2D eigenvalue weighted by Gasteiger charge is 2.29. The van der Waals surface area contributed by atoms with E-state index in [4.69, 9.17) is 16.3 Å². The summed E-state index contributed by atoms with van der Waals surface area (Å²) >= 11 is 5.97. The first-order valence-electron chi connectivity index (χ1n) is 9.48. The Morgan fingerprint density at radius 3 is 2.48 bits per heavy atom. The number of hydrogen-bond acceptors (Lipinski definition) is 4. The van der Waals surface area contributed by atoms with Gasteiger partial charge in [0.05, 0.1) is 17.6 Å². The Kier molecular flexibility index (Phi) is 6.51. The number of benzene rings is 2. The fourth-order valence-electron chi connectivity index (χ4n) is 3.36. The third-order valence-electron chi connectivity index (χ3n) is 5.23. The van der Waals surface area contributed by atoms with E-state index in [0.29, 0.717) is 35.5 Å². The number of aryl methyl sites for hydroxylation is 1. The van der Waals surface area contributed by atoms with E-state index in [1.54, 1.807) is 18.2 Å². The summed E-state index contributed by atoms with van der Waals surface area (Å²) in [5.41, 5.74) is 1.56. The molecule has 0 spiro atoms. The summed E-state index contributed by atoms with van der Waals surface area (Å²) in [7, 11) is -2.23. The number of sulfonamides is 1. The van der Waals surface area contributed by atoms with Crippen LogP contribution in [0, 0.1) is 12.8 Å². The molecule has 0 aromatic heterocycles. The second kappa shape index (κ2) is 8.73.